The number of fused-ring (bicyclic) bond motifs is 3. The van der Waals surface area contributed by atoms with Crippen LogP contribution < -0.4 is 4.57 Å². The molecule has 0 bridgehead atoms. The summed E-state index contributed by atoms with van der Waals surface area (Å²) in [7, 11) is 1.92. The molecule has 0 spiro atoms. The largest absolute Gasteiger partial charge is 0.456 e. The second kappa shape index (κ2) is 8.64. The Morgan fingerprint density at radius 2 is 1.61 bits per heavy atom. The van der Waals surface area contributed by atoms with Gasteiger partial charge in [0.25, 0.3) is 0 Å². The van der Waals surface area contributed by atoms with E-state index in [1.807, 2.05) is 44.5 Å². The topological polar surface area (TPSA) is 21.4 Å². The molecule has 0 saturated heterocycles. The molecule has 2 aromatic heterocycles. The molecule has 0 radical (unpaired) electrons. The van der Waals surface area contributed by atoms with E-state index in [0.717, 1.165) is 53.5 Å². The summed E-state index contributed by atoms with van der Waals surface area (Å²) in [4.78, 5) is 3.64. The van der Waals surface area contributed by atoms with E-state index >= 15 is 0 Å². The van der Waals surface area contributed by atoms with E-state index in [0.29, 0.717) is 28.3 Å². The number of pyridine rings is 1. The molecule has 1 aliphatic carbocycles. The van der Waals surface area contributed by atoms with Crippen LogP contribution in [-0.2, 0) is 7.05 Å². The summed E-state index contributed by atoms with van der Waals surface area (Å²) in [6.45, 7) is 13.7. The van der Waals surface area contributed by atoms with Gasteiger partial charge >= 0.3 is 0 Å². The Morgan fingerprint density at radius 3 is 2.31 bits per heavy atom. The molecule has 1 fully saturated rings. The normalized spacial score (nSPS) is 17.7. The minimum absolute atomic E-state index is 0.0833. The first-order valence-corrected chi connectivity index (χ1v) is 12.3. The van der Waals surface area contributed by atoms with E-state index in [-0.39, 0.29) is 22.4 Å². The Hall–Kier alpha value is -3.90. The first kappa shape index (κ1) is 16.0. The predicted molar refractivity (Wildman–Crippen MR) is 147 cm³/mol. The number of hydrogen-bond acceptors (Lipinski definition) is 1. The molecule has 0 amide bonds. The third-order valence-corrected chi connectivity index (χ3v) is 7.55. The molecule has 0 aliphatic heterocycles. The van der Waals surface area contributed by atoms with Gasteiger partial charge in [0.2, 0.25) is 5.69 Å². The molecule has 0 atom stereocenters. The van der Waals surface area contributed by atoms with Crippen LogP contribution in [0, 0.1) is 27.3 Å². The monoisotopic (exact) mass is 478 g/mol. The van der Waals surface area contributed by atoms with E-state index < -0.39 is 36.1 Å². The molecule has 1 aliphatic rings. The van der Waals surface area contributed by atoms with Crippen molar-refractivity contribution in [1.29, 1.82) is 0 Å². The summed E-state index contributed by atoms with van der Waals surface area (Å²) in [5.41, 5.74) is 5.79. The molecule has 6 rings (SSSR count). The van der Waals surface area contributed by atoms with Crippen LogP contribution in [-0.4, -0.2) is 0 Å². The lowest BCUT2D eigenvalue weighted by Gasteiger charge is -2.17. The second-order valence-electron chi connectivity index (χ2n) is 9.61. The van der Waals surface area contributed by atoms with Gasteiger partial charge in [0.1, 0.15) is 18.2 Å². The van der Waals surface area contributed by atoms with Crippen LogP contribution in [0.15, 0.2) is 64.9 Å². The zero-order valence-corrected chi connectivity index (χ0v) is 20.9. The molecule has 3 aromatic carbocycles. The second-order valence-corrected chi connectivity index (χ2v) is 9.61. The van der Waals surface area contributed by atoms with Crippen LogP contribution in [0.4, 0.5) is 5.69 Å². The fourth-order valence-corrected chi connectivity index (χ4v) is 5.73. The molecular formula is C33H31N2O+. The lowest BCUT2D eigenvalue weighted by molar-refractivity contribution is -0.667. The Morgan fingerprint density at radius 1 is 0.944 bits per heavy atom. The third-order valence-electron chi connectivity index (χ3n) is 7.55. The van der Waals surface area contributed by atoms with Crippen molar-refractivity contribution in [3.63, 3.8) is 0 Å². The van der Waals surface area contributed by atoms with Crippen LogP contribution in [0.1, 0.15) is 63.6 Å². The van der Waals surface area contributed by atoms with Crippen LogP contribution in [0.3, 0.4) is 0 Å². The highest BCUT2D eigenvalue weighted by Gasteiger charge is 2.29. The lowest BCUT2D eigenvalue weighted by Crippen LogP contribution is -2.37. The number of nitrogens with zero attached hydrogens (tertiary/aromatic N) is 2. The van der Waals surface area contributed by atoms with Gasteiger partial charge in [0.05, 0.1) is 20.4 Å². The van der Waals surface area contributed by atoms with Crippen LogP contribution >= 0.6 is 0 Å². The van der Waals surface area contributed by atoms with Crippen molar-refractivity contribution in [1.82, 2.24) is 0 Å². The third kappa shape index (κ3) is 3.36. The average Bonchev–Trinajstić information content (AvgIpc) is 3.59. The van der Waals surface area contributed by atoms with Gasteiger partial charge in [0, 0.05) is 36.2 Å². The van der Waals surface area contributed by atoms with Crippen molar-refractivity contribution in [3.05, 3.63) is 94.3 Å². The molecule has 1 saturated carbocycles. The number of furan rings is 1. The highest BCUT2D eigenvalue weighted by molar-refractivity contribution is 6.15. The van der Waals surface area contributed by atoms with Crippen LogP contribution in [0.25, 0.3) is 49.2 Å². The Balaban J connectivity index is 1.73. The standard InChI is InChI=1S/C33H31N2O/c1-20-15-16-25-26-17-18-27(34-4)31(24-11-7-6-8-12-24)33(26)36-32(25)30(20)28-19-21(2)29(22(3)35(28)5)23-13-9-10-14-23/h6-8,11-12,15-19,23H,9-10,13-14H2,1-3,5H3/q+1/i6D,7D,8D,11D,12D,19D,23D. The highest BCUT2D eigenvalue weighted by atomic mass is 16.3. The van der Waals surface area contributed by atoms with E-state index in [1.165, 1.54) is 0 Å². The summed E-state index contributed by atoms with van der Waals surface area (Å²) < 4.78 is 68.9. The zero-order valence-electron chi connectivity index (χ0n) is 27.9. The van der Waals surface area contributed by atoms with Gasteiger partial charge in [-0.05, 0) is 49.3 Å². The van der Waals surface area contributed by atoms with Gasteiger partial charge < -0.3 is 4.42 Å². The van der Waals surface area contributed by atoms with Crippen LogP contribution in [0.2, 0.25) is 0 Å². The van der Waals surface area contributed by atoms with Gasteiger partial charge in [-0.25, -0.2) is 4.85 Å². The van der Waals surface area contributed by atoms with E-state index in [4.69, 9.17) is 17.8 Å². The highest BCUT2D eigenvalue weighted by Crippen LogP contribution is 2.45. The van der Waals surface area contributed by atoms with Gasteiger partial charge in [-0.3, -0.25) is 0 Å². The molecule has 2 heterocycles. The molecule has 36 heavy (non-hydrogen) atoms. The molecule has 3 nitrogen and oxygen atoms in total. The van der Waals surface area contributed by atoms with Crippen molar-refractivity contribution < 1.29 is 18.6 Å². The summed E-state index contributed by atoms with van der Waals surface area (Å²) in [6, 6.07) is 5.27. The van der Waals surface area contributed by atoms with Gasteiger partial charge in [0.15, 0.2) is 11.4 Å². The van der Waals surface area contributed by atoms with Gasteiger partial charge in [-0.2, -0.15) is 4.57 Å². The van der Waals surface area contributed by atoms with E-state index in [2.05, 4.69) is 4.85 Å². The number of benzene rings is 3. The maximum absolute atomic E-state index is 9.34. The van der Waals surface area contributed by atoms with Crippen molar-refractivity contribution in [2.45, 2.75) is 52.3 Å². The quantitative estimate of drug-likeness (QED) is 0.187. The summed E-state index contributed by atoms with van der Waals surface area (Å²) in [6.07, 6.45) is 3.55. The smallest absolute Gasteiger partial charge is 0.216 e. The van der Waals surface area contributed by atoms with Crippen LogP contribution in [0.5, 0.6) is 0 Å². The molecule has 0 unspecified atom stereocenters. The van der Waals surface area contributed by atoms with Crippen molar-refractivity contribution in [2.24, 2.45) is 7.05 Å². The maximum atomic E-state index is 9.34. The minimum atomic E-state index is -0.713. The van der Waals surface area contributed by atoms with Crippen molar-refractivity contribution in [2.75, 3.05) is 0 Å². The fourth-order valence-electron chi connectivity index (χ4n) is 5.73. The van der Waals surface area contributed by atoms with Gasteiger partial charge in [-0.1, -0.05) is 67.3 Å². The Labute approximate surface area is 222 Å². The number of aryl methyl sites for hydroxylation is 1. The van der Waals surface area contributed by atoms with E-state index in [9.17, 15) is 2.74 Å². The van der Waals surface area contributed by atoms with Crippen molar-refractivity contribution in [3.8, 4) is 22.4 Å². The molecule has 178 valence electrons. The average molecular weight is 479 g/mol. The Bertz CT molecular complexity index is 2010. The molecule has 5 aromatic rings. The van der Waals surface area contributed by atoms with Crippen molar-refractivity contribution >= 4 is 27.6 Å². The zero-order chi connectivity index (χ0) is 31.1. The number of rotatable bonds is 3. The SMILES string of the molecule is [2H]c1c([2H])c([2H])c(-c2c([N+]#[C-])ccc3c2oc2c(-c4c([2H])c(C)c(C5([2H])CCCC5)c(C)[n+]4C)c(C)ccc23)c([2H])c1[2H]. The Kier molecular flexibility index (Phi) is 3.83. The molecule has 0 N–H and O–H groups in total. The first-order chi connectivity index (χ1) is 20.3. The predicted octanol–water partition coefficient (Wildman–Crippen LogP) is 8.88. The molecular weight excluding hydrogens is 440 g/mol. The lowest BCUT2D eigenvalue weighted by atomic mass is 9.90. The fraction of sp³-hybridized carbons (Fsp3) is 0.273. The van der Waals surface area contributed by atoms with E-state index in [1.54, 1.807) is 12.1 Å². The minimum Gasteiger partial charge on any atom is -0.456 e. The number of hydrogen-bond donors (Lipinski definition) is 0. The first-order valence-electron chi connectivity index (χ1n) is 15.8. The molecule has 3 heteroatoms. The maximum Gasteiger partial charge on any atom is 0.216 e. The summed E-state index contributed by atoms with van der Waals surface area (Å²) in [5, 5.41) is 1.37. The van der Waals surface area contributed by atoms with Gasteiger partial charge in [-0.15, -0.1) is 0 Å². The summed E-state index contributed by atoms with van der Waals surface area (Å²) >= 11 is 0. The summed E-state index contributed by atoms with van der Waals surface area (Å²) in [5.74, 6) is -0.713. The number of aromatic nitrogens is 1.